The van der Waals surface area contributed by atoms with Crippen LogP contribution in [-0.4, -0.2) is 37.5 Å². The number of halogens is 4. The standard InChI is InChI=1S/C12H12F4N2O/c13-11-7-9(1-2-10(11)12(14,15)16)18-5-3-17(8-19)4-6-18/h1-2,7-8H,3-6H2. The van der Waals surface area contributed by atoms with Gasteiger partial charge in [-0.15, -0.1) is 0 Å². The number of anilines is 1. The molecular formula is C12H12F4N2O. The Morgan fingerprint density at radius 3 is 2.21 bits per heavy atom. The summed E-state index contributed by atoms with van der Waals surface area (Å²) in [4.78, 5) is 13.9. The van der Waals surface area contributed by atoms with E-state index in [4.69, 9.17) is 0 Å². The Kier molecular flexibility index (Phi) is 3.64. The van der Waals surface area contributed by atoms with Gasteiger partial charge in [0.2, 0.25) is 6.41 Å². The van der Waals surface area contributed by atoms with Gasteiger partial charge in [-0.1, -0.05) is 0 Å². The minimum atomic E-state index is -4.68. The van der Waals surface area contributed by atoms with Gasteiger partial charge in [0.05, 0.1) is 5.56 Å². The van der Waals surface area contributed by atoms with Crippen molar-refractivity contribution in [2.24, 2.45) is 0 Å². The molecule has 1 aromatic rings. The van der Waals surface area contributed by atoms with E-state index in [-0.39, 0.29) is 0 Å². The average Bonchev–Trinajstić information content (AvgIpc) is 2.37. The summed E-state index contributed by atoms with van der Waals surface area (Å²) in [5.74, 6) is -1.28. The molecule has 3 nitrogen and oxygen atoms in total. The number of rotatable bonds is 2. The van der Waals surface area contributed by atoms with E-state index in [9.17, 15) is 22.4 Å². The number of piperazine rings is 1. The van der Waals surface area contributed by atoms with Crippen molar-refractivity contribution in [3.63, 3.8) is 0 Å². The molecule has 0 aromatic heterocycles. The average molecular weight is 276 g/mol. The summed E-state index contributed by atoms with van der Waals surface area (Å²) in [5, 5.41) is 0. The van der Waals surface area contributed by atoms with Crippen molar-refractivity contribution in [2.45, 2.75) is 6.18 Å². The number of hydrogen-bond acceptors (Lipinski definition) is 2. The third-order valence-electron chi connectivity index (χ3n) is 3.09. The summed E-state index contributed by atoms with van der Waals surface area (Å²) in [7, 11) is 0. The van der Waals surface area contributed by atoms with Crippen LogP contribution in [-0.2, 0) is 11.0 Å². The molecule has 0 saturated carbocycles. The molecule has 0 bridgehead atoms. The second kappa shape index (κ2) is 5.07. The fourth-order valence-corrected chi connectivity index (χ4v) is 2.02. The zero-order chi connectivity index (χ0) is 14.0. The van der Waals surface area contributed by atoms with Gasteiger partial charge in [-0.05, 0) is 18.2 Å². The molecule has 0 aliphatic carbocycles. The van der Waals surface area contributed by atoms with E-state index in [0.29, 0.717) is 31.9 Å². The summed E-state index contributed by atoms with van der Waals surface area (Å²) in [6.07, 6.45) is -3.95. The molecule has 2 rings (SSSR count). The predicted molar refractivity (Wildman–Crippen MR) is 61.3 cm³/mol. The topological polar surface area (TPSA) is 23.6 Å². The molecule has 104 valence electrons. The highest BCUT2D eigenvalue weighted by Gasteiger charge is 2.34. The van der Waals surface area contributed by atoms with Crippen LogP contribution in [0.15, 0.2) is 18.2 Å². The molecule has 1 saturated heterocycles. The number of hydrogen-bond donors (Lipinski definition) is 0. The first-order chi connectivity index (χ1) is 8.91. The van der Waals surface area contributed by atoms with E-state index in [1.807, 2.05) is 0 Å². The second-order valence-electron chi connectivity index (χ2n) is 4.29. The van der Waals surface area contributed by atoms with Crippen molar-refractivity contribution < 1.29 is 22.4 Å². The smallest absolute Gasteiger partial charge is 0.368 e. The molecule has 1 aromatic carbocycles. The molecule has 0 spiro atoms. The molecule has 0 atom stereocenters. The van der Waals surface area contributed by atoms with Crippen LogP contribution in [0.1, 0.15) is 5.56 Å². The Bertz CT molecular complexity index is 467. The molecule has 0 radical (unpaired) electrons. The number of benzene rings is 1. The maximum atomic E-state index is 13.4. The van der Waals surface area contributed by atoms with Gasteiger partial charge in [0, 0.05) is 31.9 Å². The lowest BCUT2D eigenvalue weighted by molar-refractivity contribution is -0.140. The van der Waals surface area contributed by atoms with Crippen LogP contribution >= 0.6 is 0 Å². The van der Waals surface area contributed by atoms with Crippen LogP contribution in [0, 0.1) is 5.82 Å². The van der Waals surface area contributed by atoms with Crippen LogP contribution in [0.5, 0.6) is 0 Å². The maximum Gasteiger partial charge on any atom is 0.419 e. The van der Waals surface area contributed by atoms with E-state index < -0.39 is 17.6 Å². The van der Waals surface area contributed by atoms with Crippen LogP contribution in [0.4, 0.5) is 23.2 Å². The fraction of sp³-hybridized carbons (Fsp3) is 0.417. The Hall–Kier alpha value is -1.79. The molecule has 1 fully saturated rings. The van der Waals surface area contributed by atoms with Gasteiger partial charge in [0.15, 0.2) is 0 Å². The Labute approximate surface area is 107 Å². The summed E-state index contributed by atoms with van der Waals surface area (Å²) in [5.41, 5.74) is -0.862. The third-order valence-corrected chi connectivity index (χ3v) is 3.09. The quantitative estimate of drug-likeness (QED) is 0.610. The highest BCUT2D eigenvalue weighted by Crippen LogP contribution is 2.33. The maximum absolute atomic E-state index is 13.4. The number of nitrogens with zero attached hydrogens (tertiary/aromatic N) is 2. The zero-order valence-electron chi connectivity index (χ0n) is 9.95. The van der Waals surface area contributed by atoms with Gasteiger partial charge in [-0.2, -0.15) is 13.2 Å². The first-order valence-corrected chi connectivity index (χ1v) is 5.73. The van der Waals surface area contributed by atoms with E-state index in [0.717, 1.165) is 18.5 Å². The summed E-state index contributed by atoms with van der Waals surface area (Å²) < 4.78 is 50.7. The van der Waals surface area contributed by atoms with Gasteiger partial charge in [-0.3, -0.25) is 4.79 Å². The second-order valence-corrected chi connectivity index (χ2v) is 4.29. The van der Waals surface area contributed by atoms with Crippen molar-refractivity contribution in [1.29, 1.82) is 0 Å². The zero-order valence-corrected chi connectivity index (χ0v) is 9.95. The molecule has 19 heavy (non-hydrogen) atoms. The van der Waals surface area contributed by atoms with Crippen LogP contribution in [0.25, 0.3) is 0 Å². The van der Waals surface area contributed by atoms with Gasteiger partial charge in [-0.25, -0.2) is 4.39 Å². The van der Waals surface area contributed by atoms with Crippen molar-refractivity contribution in [1.82, 2.24) is 4.90 Å². The number of carbonyl (C=O) groups is 1. The first kappa shape index (κ1) is 13.6. The van der Waals surface area contributed by atoms with Crippen LogP contribution in [0.3, 0.4) is 0 Å². The normalized spacial score (nSPS) is 16.6. The Balaban J connectivity index is 2.15. The lowest BCUT2D eigenvalue weighted by atomic mass is 10.1. The molecule has 1 aliphatic rings. The van der Waals surface area contributed by atoms with Crippen molar-refractivity contribution in [3.05, 3.63) is 29.6 Å². The lowest BCUT2D eigenvalue weighted by Gasteiger charge is -2.34. The molecule has 7 heteroatoms. The SMILES string of the molecule is O=CN1CCN(c2ccc(C(F)(F)F)c(F)c2)CC1. The van der Waals surface area contributed by atoms with E-state index >= 15 is 0 Å². The van der Waals surface area contributed by atoms with E-state index in [2.05, 4.69) is 0 Å². The van der Waals surface area contributed by atoms with E-state index in [1.165, 1.54) is 6.07 Å². The molecule has 1 amide bonds. The van der Waals surface area contributed by atoms with Crippen LogP contribution in [0.2, 0.25) is 0 Å². The highest BCUT2D eigenvalue weighted by molar-refractivity contribution is 5.52. The lowest BCUT2D eigenvalue weighted by Crippen LogP contribution is -2.45. The summed E-state index contributed by atoms with van der Waals surface area (Å²) in [6, 6.07) is 2.89. The molecule has 1 heterocycles. The van der Waals surface area contributed by atoms with Crippen molar-refractivity contribution in [3.8, 4) is 0 Å². The fourth-order valence-electron chi connectivity index (χ4n) is 2.02. The largest absolute Gasteiger partial charge is 0.419 e. The van der Waals surface area contributed by atoms with Gasteiger partial charge >= 0.3 is 6.18 Å². The molecule has 0 N–H and O–H groups in total. The third kappa shape index (κ3) is 2.97. The first-order valence-electron chi connectivity index (χ1n) is 5.73. The number of alkyl halides is 3. The van der Waals surface area contributed by atoms with Gasteiger partial charge < -0.3 is 9.80 Å². The summed E-state index contributed by atoms with van der Waals surface area (Å²) >= 11 is 0. The van der Waals surface area contributed by atoms with Gasteiger partial charge in [0.25, 0.3) is 0 Å². The number of carbonyl (C=O) groups excluding carboxylic acids is 1. The van der Waals surface area contributed by atoms with Crippen LogP contribution < -0.4 is 4.90 Å². The summed E-state index contributed by atoms with van der Waals surface area (Å²) in [6.45, 7) is 1.91. The molecular weight excluding hydrogens is 264 g/mol. The molecule has 1 aliphatic heterocycles. The monoisotopic (exact) mass is 276 g/mol. The Morgan fingerprint density at radius 2 is 1.74 bits per heavy atom. The van der Waals surface area contributed by atoms with Gasteiger partial charge in [0.1, 0.15) is 5.82 Å². The van der Waals surface area contributed by atoms with Crippen molar-refractivity contribution in [2.75, 3.05) is 31.1 Å². The van der Waals surface area contributed by atoms with E-state index in [1.54, 1.807) is 9.80 Å². The highest BCUT2D eigenvalue weighted by atomic mass is 19.4. The predicted octanol–water partition coefficient (Wildman–Crippen LogP) is 2.12. The minimum absolute atomic E-state index is 0.399. The number of amides is 1. The Morgan fingerprint density at radius 1 is 1.11 bits per heavy atom. The van der Waals surface area contributed by atoms with Crippen molar-refractivity contribution >= 4 is 12.1 Å². The minimum Gasteiger partial charge on any atom is -0.368 e. The molecule has 0 unspecified atom stereocenters.